The van der Waals surface area contributed by atoms with Crippen molar-refractivity contribution in [3.8, 4) is 0 Å². The molecule has 2 aromatic heterocycles. The van der Waals surface area contributed by atoms with E-state index in [0.717, 1.165) is 26.8 Å². The zero-order valence-corrected chi connectivity index (χ0v) is 13.4. The molecule has 21 heavy (non-hydrogen) atoms. The Hall–Kier alpha value is -1.76. The fourth-order valence-electron chi connectivity index (χ4n) is 2.57. The summed E-state index contributed by atoms with van der Waals surface area (Å²) < 4.78 is 2.70. The van der Waals surface area contributed by atoms with Gasteiger partial charge in [0.25, 0.3) is 0 Å². The monoisotopic (exact) mass is 345 g/mol. The van der Waals surface area contributed by atoms with Crippen molar-refractivity contribution in [1.82, 2.24) is 20.2 Å². The van der Waals surface area contributed by atoms with Crippen LogP contribution in [-0.2, 0) is 7.05 Å². The van der Waals surface area contributed by atoms with E-state index in [1.807, 2.05) is 25.2 Å². The third kappa shape index (κ3) is 2.46. The number of hydrogen-bond acceptors (Lipinski definition) is 4. The topological polar surface area (TPSA) is 68.8 Å². The highest BCUT2D eigenvalue weighted by Crippen LogP contribution is 2.28. The predicted octanol–water partition coefficient (Wildman–Crippen LogP) is 2.59. The summed E-state index contributed by atoms with van der Waals surface area (Å²) in [5, 5.41) is 5.40. The lowest BCUT2D eigenvalue weighted by Gasteiger charge is -2.18. The van der Waals surface area contributed by atoms with Gasteiger partial charge >= 0.3 is 0 Å². The minimum Gasteiger partial charge on any atom is -0.270 e. The van der Waals surface area contributed by atoms with E-state index in [4.69, 9.17) is 10.8 Å². The molecule has 108 valence electrons. The summed E-state index contributed by atoms with van der Waals surface area (Å²) in [6, 6.07) is 9.93. The van der Waals surface area contributed by atoms with Gasteiger partial charge < -0.3 is 0 Å². The van der Waals surface area contributed by atoms with Crippen molar-refractivity contribution in [2.24, 2.45) is 12.9 Å². The van der Waals surface area contributed by atoms with Gasteiger partial charge in [-0.3, -0.25) is 15.5 Å². The molecule has 5 nitrogen and oxygen atoms in total. The summed E-state index contributed by atoms with van der Waals surface area (Å²) >= 11 is 3.52. The number of benzene rings is 1. The Labute approximate surface area is 131 Å². The third-order valence-electron chi connectivity index (χ3n) is 3.62. The van der Waals surface area contributed by atoms with Gasteiger partial charge in [0.05, 0.1) is 27.6 Å². The number of para-hydroxylation sites is 1. The fourth-order valence-corrected chi connectivity index (χ4v) is 3.15. The van der Waals surface area contributed by atoms with Crippen LogP contribution < -0.4 is 11.3 Å². The van der Waals surface area contributed by atoms with Crippen molar-refractivity contribution >= 4 is 26.8 Å². The molecule has 0 saturated carbocycles. The first-order chi connectivity index (χ1) is 10.1. The predicted molar refractivity (Wildman–Crippen MR) is 86.6 cm³/mol. The Morgan fingerprint density at radius 2 is 2.10 bits per heavy atom. The van der Waals surface area contributed by atoms with Gasteiger partial charge in [0.15, 0.2) is 0 Å². The van der Waals surface area contributed by atoms with E-state index in [0.29, 0.717) is 0 Å². The molecule has 1 aromatic carbocycles. The SMILES string of the molecule is Cc1cc(C(NN)c2c(Br)cnn2C)nc2ccccc12. The smallest absolute Gasteiger partial charge is 0.106 e. The van der Waals surface area contributed by atoms with E-state index in [2.05, 4.69) is 45.5 Å². The highest BCUT2D eigenvalue weighted by atomic mass is 79.9. The molecule has 0 spiro atoms. The lowest BCUT2D eigenvalue weighted by Crippen LogP contribution is -2.31. The molecule has 0 amide bonds. The lowest BCUT2D eigenvalue weighted by molar-refractivity contribution is 0.563. The molecule has 1 unspecified atom stereocenters. The van der Waals surface area contributed by atoms with Crippen LogP contribution >= 0.6 is 15.9 Å². The van der Waals surface area contributed by atoms with E-state index in [1.54, 1.807) is 10.9 Å². The summed E-state index contributed by atoms with van der Waals surface area (Å²) in [5.74, 6) is 5.78. The number of hydrogen-bond donors (Lipinski definition) is 2. The Morgan fingerprint density at radius 1 is 1.33 bits per heavy atom. The number of pyridine rings is 1. The molecule has 6 heteroatoms. The number of aromatic nitrogens is 3. The average Bonchev–Trinajstić information content (AvgIpc) is 2.81. The molecule has 2 heterocycles. The van der Waals surface area contributed by atoms with Crippen LogP contribution in [0.25, 0.3) is 10.9 Å². The van der Waals surface area contributed by atoms with Crippen LogP contribution in [0.5, 0.6) is 0 Å². The Morgan fingerprint density at radius 3 is 2.76 bits per heavy atom. The van der Waals surface area contributed by atoms with Crippen molar-refractivity contribution in [3.63, 3.8) is 0 Å². The summed E-state index contributed by atoms with van der Waals surface area (Å²) in [6.45, 7) is 2.08. The number of rotatable bonds is 3. The Kier molecular flexibility index (Phi) is 3.75. The molecule has 0 bridgehead atoms. The van der Waals surface area contributed by atoms with E-state index < -0.39 is 0 Å². The van der Waals surface area contributed by atoms with Crippen LogP contribution in [0, 0.1) is 6.92 Å². The first-order valence-electron chi connectivity index (χ1n) is 6.61. The second-order valence-electron chi connectivity index (χ2n) is 4.98. The quantitative estimate of drug-likeness (QED) is 0.565. The molecule has 3 rings (SSSR count). The van der Waals surface area contributed by atoms with Crippen molar-refractivity contribution in [1.29, 1.82) is 0 Å². The number of fused-ring (bicyclic) bond motifs is 1. The normalized spacial score (nSPS) is 12.8. The van der Waals surface area contributed by atoms with Crippen LogP contribution in [0.3, 0.4) is 0 Å². The highest BCUT2D eigenvalue weighted by molar-refractivity contribution is 9.10. The van der Waals surface area contributed by atoms with E-state index in [1.165, 1.54) is 5.56 Å². The standard InChI is InChI=1S/C15H16BrN5/c1-9-7-13(19-12-6-4-3-5-10(9)12)14(20-17)15-11(16)8-18-21(15)2/h3-8,14,20H,17H2,1-2H3. The minimum atomic E-state index is -0.227. The number of nitrogens with one attached hydrogen (secondary N) is 1. The maximum absolute atomic E-state index is 5.78. The molecule has 0 saturated heterocycles. The highest BCUT2D eigenvalue weighted by Gasteiger charge is 2.21. The first kappa shape index (κ1) is 14.2. The third-order valence-corrected chi connectivity index (χ3v) is 4.23. The van der Waals surface area contributed by atoms with Gasteiger partial charge in [-0.15, -0.1) is 0 Å². The molecule has 0 aliphatic rings. The number of hydrazine groups is 1. The van der Waals surface area contributed by atoms with Crippen LogP contribution in [0.1, 0.15) is 23.0 Å². The summed E-state index contributed by atoms with van der Waals surface area (Å²) in [4.78, 5) is 4.74. The van der Waals surface area contributed by atoms with Gasteiger partial charge in [-0.1, -0.05) is 18.2 Å². The average molecular weight is 346 g/mol. The maximum Gasteiger partial charge on any atom is 0.106 e. The van der Waals surface area contributed by atoms with Gasteiger partial charge in [0.1, 0.15) is 6.04 Å². The number of aryl methyl sites for hydroxylation is 2. The van der Waals surface area contributed by atoms with Gasteiger partial charge in [-0.05, 0) is 40.5 Å². The van der Waals surface area contributed by atoms with Gasteiger partial charge in [0.2, 0.25) is 0 Å². The molecule has 3 aromatic rings. The van der Waals surface area contributed by atoms with E-state index >= 15 is 0 Å². The first-order valence-corrected chi connectivity index (χ1v) is 7.41. The molecular weight excluding hydrogens is 330 g/mol. The minimum absolute atomic E-state index is 0.227. The summed E-state index contributed by atoms with van der Waals surface area (Å²) in [5.41, 5.74) is 6.80. The van der Waals surface area contributed by atoms with Crippen LogP contribution in [0.2, 0.25) is 0 Å². The van der Waals surface area contributed by atoms with Crippen LogP contribution in [0.4, 0.5) is 0 Å². The molecule has 1 atom stereocenters. The molecule has 0 aliphatic heterocycles. The number of nitrogens with two attached hydrogens (primary N) is 1. The maximum atomic E-state index is 5.78. The molecule has 0 radical (unpaired) electrons. The summed E-state index contributed by atoms with van der Waals surface area (Å²) in [7, 11) is 1.89. The van der Waals surface area contributed by atoms with Crippen molar-refractivity contribution < 1.29 is 0 Å². The van der Waals surface area contributed by atoms with Crippen molar-refractivity contribution in [3.05, 3.63) is 58.0 Å². The van der Waals surface area contributed by atoms with Crippen molar-refractivity contribution in [2.45, 2.75) is 13.0 Å². The zero-order valence-electron chi connectivity index (χ0n) is 11.8. The fraction of sp³-hybridized carbons (Fsp3) is 0.200. The van der Waals surface area contributed by atoms with Crippen LogP contribution in [-0.4, -0.2) is 14.8 Å². The number of halogens is 1. The van der Waals surface area contributed by atoms with Crippen LogP contribution in [0.15, 0.2) is 41.0 Å². The lowest BCUT2D eigenvalue weighted by atomic mass is 10.0. The van der Waals surface area contributed by atoms with E-state index in [-0.39, 0.29) is 6.04 Å². The largest absolute Gasteiger partial charge is 0.270 e. The second-order valence-corrected chi connectivity index (χ2v) is 5.84. The molecule has 0 aliphatic carbocycles. The van der Waals surface area contributed by atoms with Gasteiger partial charge in [0, 0.05) is 12.4 Å². The van der Waals surface area contributed by atoms with Crippen molar-refractivity contribution in [2.75, 3.05) is 0 Å². The van der Waals surface area contributed by atoms with Gasteiger partial charge in [-0.2, -0.15) is 5.10 Å². The summed E-state index contributed by atoms with van der Waals surface area (Å²) in [6.07, 6.45) is 1.76. The van der Waals surface area contributed by atoms with Gasteiger partial charge in [-0.25, -0.2) is 5.43 Å². The Balaban J connectivity index is 2.18. The molecule has 0 fully saturated rings. The van der Waals surface area contributed by atoms with E-state index in [9.17, 15) is 0 Å². The molecular formula is C15H16BrN5. The molecule has 3 N–H and O–H groups in total. The zero-order chi connectivity index (χ0) is 15.0. The number of nitrogens with zero attached hydrogens (tertiary/aromatic N) is 3. The Bertz CT molecular complexity index is 776. The second kappa shape index (κ2) is 5.55.